The van der Waals surface area contributed by atoms with Gasteiger partial charge in [-0.05, 0) is 45.1 Å². The molecule has 1 atom stereocenters. The minimum Gasteiger partial charge on any atom is -0.490 e. The zero-order chi connectivity index (χ0) is 23.6. The van der Waals surface area contributed by atoms with Crippen molar-refractivity contribution in [3.8, 4) is 17.1 Å². The predicted molar refractivity (Wildman–Crippen MR) is 140 cm³/mol. The molecule has 0 saturated heterocycles. The van der Waals surface area contributed by atoms with Crippen LogP contribution in [0.3, 0.4) is 0 Å². The Morgan fingerprint density at radius 3 is 2.18 bits per heavy atom. The molecule has 4 nitrogen and oxygen atoms in total. The summed E-state index contributed by atoms with van der Waals surface area (Å²) in [5.41, 5.74) is 2.22. The number of nitrogens with zero attached hydrogens (tertiary/aromatic N) is 2. The molecule has 0 spiro atoms. The van der Waals surface area contributed by atoms with E-state index in [0.29, 0.717) is 6.10 Å². The SMILES string of the molecule is CCCCCCCCCCOc1cnc(-c2ccc(C=CCCCC(C)OCC)cc2)nc1. The lowest BCUT2D eigenvalue weighted by Gasteiger charge is -2.09. The van der Waals surface area contributed by atoms with Crippen LogP contribution >= 0.6 is 0 Å². The zero-order valence-electron chi connectivity index (χ0n) is 21.1. The second-order valence-corrected chi connectivity index (χ2v) is 8.79. The van der Waals surface area contributed by atoms with Gasteiger partial charge in [0.1, 0.15) is 0 Å². The minimum atomic E-state index is 0.351. The summed E-state index contributed by atoms with van der Waals surface area (Å²) in [7, 11) is 0. The smallest absolute Gasteiger partial charge is 0.159 e. The zero-order valence-corrected chi connectivity index (χ0v) is 21.1. The van der Waals surface area contributed by atoms with Crippen molar-refractivity contribution in [2.75, 3.05) is 13.2 Å². The molecule has 1 aromatic carbocycles. The van der Waals surface area contributed by atoms with E-state index in [1.165, 1.54) is 50.5 Å². The first-order valence-corrected chi connectivity index (χ1v) is 13.1. The van der Waals surface area contributed by atoms with Crippen LogP contribution in [-0.4, -0.2) is 29.3 Å². The average Bonchev–Trinajstić information content (AvgIpc) is 2.84. The van der Waals surface area contributed by atoms with Crippen LogP contribution in [0.2, 0.25) is 0 Å². The van der Waals surface area contributed by atoms with Crippen LogP contribution in [0, 0.1) is 0 Å². The Hall–Kier alpha value is -2.20. The largest absolute Gasteiger partial charge is 0.490 e. The molecule has 0 aliphatic rings. The first kappa shape index (κ1) is 27.0. The molecule has 0 fully saturated rings. The fourth-order valence-corrected chi connectivity index (χ4v) is 3.82. The number of benzene rings is 1. The third-order valence-corrected chi connectivity index (χ3v) is 5.81. The van der Waals surface area contributed by atoms with Crippen molar-refractivity contribution in [3.05, 3.63) is 48.3 Å². The van der Waals surface area contributed by atoms with Crippen LogP contribution in [0.4, 0.5) is 0 Å². The summed E-state index contributed by atoms with van der Waals surface area (Å²) in [6, 6.07) is 8.38. The Bertz CT molecular complexity index is 756. The highest BCUT2D eigenvalue weighted by Crippen LogP contribution is 2.18. The molecular formula is C29H44N2O2. The van der Waals surface area contributed by atoms with Gasteiger partial charge in [-0.25, -0.2) is 9.97 Å². The average molecular weight is 453 g/mol. The highest BCUT2D eigenvalue weighted by molar-refractivity contribution is 5.59. The van der Waals surface area contributed by atoms with Crippen molar-refractivity contribution < 1.29 is 9.47 Å². The fourth-order valence-electron chi connectivity index (χ4n) is 3.82. The van der Waals surface area contributed by atoms with Gasteiger partial charge in [-0.3, -0.25) is 0 Å². The standard InChI is InChI=1S/C29H44N2O2/c1-4-6-7-8-9-10-11-15-22-33-28-23-30-29(31-24-28)27-20-18-26(19-21-27)17-14-12-13-16-25(3)32-5-2/h14,17-21,23-25H,4-13,15-16,22H2,1-3H3. The minimum absolute atomic E-state index is 0.351. The van der Waals surface area contributed by atoms with Gasteiger partial charge in [-0.1, -0.05) is 88.3 Å². The highest BCUT2D eigenvalue weighted by Gasteiger charge is 2.03. The summed E-state index contributed by atoms with van der Waals surface area (Å²) in [6.07, 6.45) is 22.1. The number of hydrogen-bond acceptors (Lipinski definition) is 4. The van der Waals surface area contributed by atoms with Crippen molar-refractivity contribution in [1.82, 2.24) is 9.97 Å². The molecule has 0 aliphatic heterocycles. The van der Waals surface area contributed by atoms with Gasteiger partial charge in [0, 0.05) is 12.2 Å². The van der Waals surface area contributed by atoms with E-state index >= 15 is 0 Å². The summed E-state index contributed by atoms with van der Waals surface area (Å²) in [6.45, 7) is 7.98. The normalized spacial score (nSPS) is 12.3. The molecule has 1 heterocycles. The van der Waals surface area contributed by atoms with E-state index in [1.807, 2.05) is 6.92 Å². The maximum absolute atomic E-state index is 5.81. The Labute approximate surface area is 201 Å². The van der Waals surface area contributed by atoms with Gasteiger partial charge < -0.3 is 9.47 Å². The van der Waals surface area contributed by atoms with Crippen LogP contribution < -0.4 is 4.74 Å². The summed E-state index contributed by atoms with van der Waals surface area (Å²) >= 11 is 0. The van der Waals surface area contributed by atoms with Gasteiger partial charge in [0.25, 0.3) is 0 Å². The molecule has 1 unspecified atom stereocenters. The first-order chi connectivity index (χ1) is 16.2. The molecule has 33 heavy (non-hydrogen) atoms. The number of unbranched alkanes of at least 4 members (excludes halogenated alkanes) is 8. The van der Waals surface area contributed by atoms with E-state index in [4.69, 9.17) is 9.47 Å². The van der Waals surface area contributed by atoms with Gasteiger partial charge >= 0.3 is 0 Å². The Kier molecular flexibility index (Phi) is 14.2. The maximum Gasteiger partial charge on any atom is 0.159 e. The molecule has 0 radical (unpaired) electrons. The monoisotopic (exact) mass is 452 g/mol. The first-order valence-electron chi connectivity index (χ1n) is 13.1. The Morgan fingerprint density at radius 1 is 0.848 bits per heavy atom. The van der Waals surface area contributed by atoms with Crippen LogP contribution in [0.1, 0.15) is 97.0 Å². The molecule has 0 saturated carbocycles. The molecule has 0 amide bonds. The lowest BCUT2D eigenvalue weighted by molar-refractivity contribution is 0.0691. The van der Waals surface area contributed by atoms with E-state index in [1.54, 1.807) is 12.4 Å². The maximum atomic E-state index is 5.81. The third kappa shape index (κ3) is 12.0. The van der Waals surface area contributed by atoms with Gasteiger partial charge in [0.05, 0.1) is 25.1 Å². The van der Waals surface area contributed by atoms with Crippen molar-refractivity contribution >= 4 is 6.08 Å². The molecule has 0 aliphatic carbocycles. The van der Waals surface area contributed by atoms with Gasteiger partial charge in [-0.15, -0.1) is 0 Å². The van der Waals surface area contributed by atoms with Crippen molar-refractivity contribution in [3.63, 3.8) is 0 Å². The molecule has 0 N–H and O–H groups in total. The lowest BCUT2D eigenvalue weighted by Crippen LogP contribution is -2.06. The lowest BCUT2D eigenvalue weighted by atomic mass is 10.1. The van der Waals surface area contributed by atoms with E-state index in [2.05, 4.69) is 60.2 Å². The number of allylic oxidation sites excluding steroid dienone is 1. The second kappa shape index (κ2) is 17.3. The highest BCUT2D eigenvalue weighted by atomic mass is 16.5. The molecule has 2 aromatic rings. The molecule has 182 valence electrons. The molecular weight excluding hydrogens is 408 g/mol. The van der Waals surface area contributed by atoms with Crippen LogP contribution in [-0.2, 0) is 4.74 Å². The summed E-state index contributed by atoms with van der Waals surface area (Å²) in [4.78, 5) is 8.98. The van der Waals surface area contributed by atoms with Crippen LogP contribution in [0.25, 0.3) is 17.5 Å². The van der Waals surface area contributed by atoms with Gasteiger partial charge in [0.2, 0.25) is 0 Å². The quantitative estimate of drug-likeness (QED) is 0.213. The summed E-state index contributed by atoms with van der Waals surface area (Å²) < 4.78 is 11.4. The number of hydrogen-bond donors (Lipinski definition) is 0. The van der Waals surface area contributed by atoms with E-state index in [-0.39, 0.29) is 0 Å². The molecule has 2 rings (SSSR count). The topological polar surface area (TPSA) is 44.2 Å². The second-order valence-electron chi connectivity index (χ2n) is 8.79. The Balaban J connectivity index is 1.66. The molecule has 0 bridgehead atoms. The molecule has 4 heteroatoms. The number of rotatable bonds is 18. The fraction of sp³-hybridized carbons (Fsp3) is 0.586. The van der Waals surface area contributed by atoms with E-state index < -0.39 is 0 Å². The van der Waals surface area contributed by atoms with Crippen molar-refractivity contribution in [1.29, 1.82) is 0 Å². The van der Waals surface area contributed by atoms with E-state index in [9.17, 15) is 0 Å². The summed E-state index contributed by atoms with van der Waals surface area (Å²) in [5.74, 6) is 1.48. The Morgan fingerprint density at radius 2 is 1.52 bits per heavy atom. The molecule has 1 aromatic heterocycles. The number of aromatic nitrogens is 2. The van der Waals surface area contributed by atoms with Crippen molar-refractivity contribution in [2.24, 2.45) is 0 Å². The van der Waals surface area contributed by atoms with Crippen molar-refractivity contribution in [2.45, 2.75) is 97.5 Å². The summed E-state index contributed by atoms with van der Waals surface area (Å²) in [5, 5.41) is 0. The van der Waals surface area contributed by atoms with E-state index in [0.717, 1.165) is 56.0 Å². The van der Waals surface area contributed by atoms with Crippen LogP contribution in [0.5, 0.6) is 5.75 Å². The third-order valence-electron chi connectivity index (χ3n) is 5.81. The van der Waals surface area contributed by atoms with Gasteiger partial charge in [0.15, 0.2) is 11.6 Å². The predicted octanol–water partition coefficient (Wildman–Crippen LogP) is 8.27. The van der Waals surface area contributed by atoms with Crippen LogP contribution in [0.15, 0.2) is 42.7 Å². The number of ether oxygens (including phenoxy) is 2. The van der Waals surface area contributed by atoms with Gasteiger partial charge in [-0.2, -0.15) is 0 Å².